The number of nitrogens with zero attached hydrogens (tertiary/aromatic N) is 1. The summed E-state index contributed by atoms with van der Waals surface area (Å²) in [5, 5.41) is 3.13. The Bertz CT molecular complexity index is 512. The van der Waals surface area contributed by atoms with Crippen LogP contribution in [0.5, 0.6) is 0 Å². The van der Waals surface area contributed by atoms with Crippen LogP contribution in [-0.2, 0) is 11.2 Å². The fourth-order valence-electron chi connectivity index (χ4n) is 3.22. The van der Waals surface area contributed by atoms with Gasteiger partial charge in [0.25, 0.3) is 0 Å². The summed E-state index contributed by atoms with van der Waals surface area (Å²) in [6.07, 6.45) is 2.07. The Morgan fingerprint density at radius 1 is 1.21 bits per heavy atom. The number of rotatable bonds is 8. The highest BCUT2D eigenvalue weighted by Gasteiger charge is 2.18. The van der Waals surface area contributed by atoms with Gasteiger partial charge in [-0.15, -0.1) is 0 Å². The van der Waals surface area contributed by atoms with E-state index in [0.29, 0.717) is 5.92 Å². The van der Waals surface area contributed by atoms with E-state index >= 15 is 0 Å². The van der Waals surface area contributed by atoms with Crippen LogP contribution in [0.3, 0.4) is 0 Å². The summed E-state index contributed by atoms with van der Waals surface area (Å²) in [5.41, 5.74) is 2.48. The van der Waals surface area contributed by atoms with Crippen molar-refractivity contribution < 1.29 is 4.79 Å². The van der Waals surface area contributed by atoms with Crippen molar-refractivity contribution >= 4 is 17.7 Å². The number of carbonyl (C=O) groups excluding carboxylic acids is 1. The van der Waals surface area contributed by atoms with Crippen LogP contribution < -0.4 is 5.32 Å². The zero-order valence-electron chi connectivity index (χ0n) is 15.4. The first kappa shape index (κ1) is 19.3. The van der Waals surface area contributed by atoms with Gasteiger partial charge < -0.3 is 10.2 Å². The van der Waals surface area contributed by atoms with Crippen LogP contribution >= 0.6 is 11.8 Å². The highest BCUT2D eigenvalue weighted by molar-refractivity contribution is 7.99. The molecule has 0 radical (unpaired) electrons. The van der Waals surface area contributed by atoms with Crippen LogP contribution in [0, 0.1) is 5.92 Å². The molecule has 2 rings (SSSR count). The molecule has 1 saturated heterocycles. The van der Waals surface area contributed by atoms with E-state index in [-0.39, 0.29) is 11.8 Å². The van der Waals surface area contributed by atoms with E-state index in [4.69, 9.17) is 0 Å². The van der Waals surface area contributed by atoms with Gasteiger partial charge in [0.1, 0.15) is 0 Å². The van der Waals surface area contributed by atoms with Crippen molar-refractivity contribution in [3.8, 4) is 0 Å². The molecule has 1 aliphatic heterocycles. The Morgan fingerprint density at radius 3 is 2.62 bits per heavy atom. The van der Waals surface area contributed by atoms with Gasteiger partial charge in [-0.25, -0.2) is 0 Å². The molecule has 1 aromatic rings. The maximum atomic E-state index is 12.5. The van der Waals surface area contributed by atoms with Gasteiger partial charge >= 0.3 is 0 Å². The fraction of sp³-hybridized carbons (Fsp3) is 0.650. The van der Waals surface area contributed by atoms with Crippen molar-refractivity contribution in [3.63, 3.8) is 0 Å². The van der Waals surface area contributed by atoms with Crippen molar-refractivity contribution in [1.29, 1.82) is 0 Å². The van der Waals surface area contributed by atoms with Crippen molar-refractivity contribution in [2.45, 2.75) is 39.5 Å². The largest absolute Gasteiger partial charge is 0.356 e. The molecule has 0 aliphatic carbocycles. The van der Waals surface area contributed by atoms with E-state index in [1.54, 1.807) is 0 Å². The van der Waals surface area contributed by atoms with Gasteiger partial charge in [0, 0.05) is 31.1 Å². The molecular formula is C20H32N2OS. The summed E-state index contributed by atoms with van der Waals surface area (Å²) in [4.78, 5) is 15.0. The van der Waals surface area contributed by atoms with E-state index in [0.717, 1.165) is 25.9 Å². The second-order valence-electron chi connectivity index (χ2n) is 7.12. The molecule has 4 heteroatoms. The molecule has 3 nitrogen and oxygen atoms in total. The summed E-state index contributed by atoms with van der Waals surface area (Å²) in [6.45, 7) is 10.7. The van der Waals surface area contributed by atoms with Gasteiger partial charge in [0.15, 0.2) is 0 Å². The Kier molecular flexibility index (Phi) is 8.13. The van der Waals surface area contributed by atoms with E-state index < -0.39 is 0 Å². The molecule has 0 bridgehead atoms. The minimum Gasteiger partial charge on any atom is -0.356 e. The standard InChI is InChI=1S/C20H32N2OS/c1-16(2)15-18-7-4-5-8-19(18)17(3)20(23)21-9-6-10-22-11-13-24-14-12-22/h4-5,7-8,16-17H,6,9-15H2,1-3H3,(H,21,23)/t17-/m1/s1. The van der Waals surface area contributed by atoms with Crippen LogP contribution in [0.4, 0.5) is 0 Å². The summed E-state index contributed by atoms with van der Waals surface area (Å²) in [5.74, 6) is 3.17. The van der Waals surface area contributed by atoms with Crippen molar-refractivity contribution in [1.82, 2.24) is 10.2 Å². The van der Waals surface area contributed by atoms with E-state index in [1.807, 2.05) is 24.8 Å². The van der Waals surface area contributed by atoms with Crippen molar-refractivity contribution in [2.24, 2.45) is 5.92 Å². The van der Waals surface area contributed by atoms with E-state index in [2.05, 4.69) is 42.3 Å². The predicted molar refractivity (Wildman–Crippen MR) is 105 cm³/mol. The smallest absolute Gasteiger partial charge is 0.227 e. The third kappa shape index (κ3) is 6.14. The molecule has 0 spiro atoms. The van der Waals surface area contributed by atoms with Crippen LogP contribution in [-0.4, -0.2) is 48.5 Å². The first-order valence-electron chi connectivity index (χ1n) is 9.23. The summed E-state index contributed by atoms with van der Waals surface area (Å²) < 4.78 is 0. The Morgan fingerprint density at radius 2 is 1.92 bits per heavy atom. The minimum atomic E-state index is -0.0775. The lowest BCUT2D eigenvalue weighted by atomic mass is 9.90. The highest BCUT2D eigenvalue weighted by Crippen LogP contribution is 2.22. The molecule has 0 unspecified atom stereocenters. The number of nitrogens with one attached hydrogen (secondary N) is 1. The summed E-state index contributed by atoms with van der Waals surface area (Å²) in [6, 6.07) is 8.38. The molecule has 1 N–H and O–H groups in total. The molecule has 1 aromatic carbocycles. The van der Waals surface area contributed by atoms with Gasteiger partial charge in [-0.05, 0) is 43.4 Å². The van der Waals surface area contributed by atoms with Crippen LogP contribution in [0.25, 0.3) is 0 Å². The van der Waals surface area contributed by atoms with Crippen LogP contribution in [0.2, 0.25) is 0 Å². The average Bonchev–Trinajstić information content (AvgIpc) is 2.59. The molecule has 1 atom stereocenters. The van der Waals surface area contributed by atoms with Crippen molar-refractivity contribution in [3.05, 3.63) is 35.4 Å². The van der Waals surface area contributed by atoms with Gasteiger partial charge in [-0.1, -0.05) is 38.1 Å². The molecule has 1 heterocycles. The molecule has 24 heavy (non-hydrogen) atoms. The Hall–Kier alpha value is -1.00. The number of hydrogen-bond acceptors (Lipinski definition) is 3. The monoisotopic (exact) mass is 348 g/mol. The molecular weight excluding hydrogens is 316 g/mol. The lowest BCUT2D eigenvalue weighted by Crippen LogP contribution is -2.36. The first-order valence-corrected chi connectivity index (χ1v) is 10.4. The molecule has 134 valence electrons. The molecule has 0 saturated carbocycles. The third-order valence-electron chi connectivity index (χ3n) is 4.60. The van der Waals surface area contributed by atoms with Gasteiger partial charge in [-0.2, -0.15) is 11.8 Å². The third-order valence-corrected chi connectivity index (χ3v) is 5.54. The number of thioether (sulfide) groups is 1. The quantitative estimate of drug-likeness (QED) is 0.729. The van der Waals surface area contributed by atoms with Gasteiger partial charge in [0.2, 0.25) is 5.91 Å². The highest BCUT2D eigenvalue weighted by atomic mass is 32.2. The first-order chi connectivity index (χ1) is 11.6. The zero-order chi connectivity index (χ0) is 17.4. The Labute approximate surface area is 151 Å². The minimum absolute atomic E-state index is 0.0775. The number of amides is 1. The molecule has 1 fully saturated rings. The topological polar surface area (TPSA) is 32.3 Å². The second-order valence-corrected chi connectivity index (χ2v) is 8.34. The maximum Gasteiger partial charge on any atom is 0.227 e. The number of hydrogen-bond donors (Lipinski definition) is 1. The lowest BCUT2D eigenvalue weighted by Gasteiger charge is -2.26. The second kappa shape index (κ2) is 10.1. The van der Waals surface area contributed by atoms with E-state index in [9.17, 15) is 4.79 Å². The number of benzene rings is 1. The normalized spacial score (nSPS) is 17.0. The summed E-state index contributed by atoms with van der Waals surface area (Å²) >= 11 is 2.04. The maximum absolute atomic E-state index is 12.5. The average molecular weight is 349 g/mol. The SMILES string of the molecule is CC(C)Cc1ccccc1[C@@H](C)C(=O)NCCCN1CCSCC1. The Balaban J connectivity index is 1.79. The van der Waals surface area contributed by atoms with Crippen LogP contribution in [0.1, 0.15) is 44.2 Å². The van der Waals surface area contributed by atoms with Crippen LogP contribution in [0.15, 0.2) is 24.3 Å². The fourth-order valence-corrected chi connectivity index (χ4v) is 4.19. The summed E-state index contributed by atoms with van der Waals surface area (Å²) in [7, 11) is 0. The number of carbonyl (C=O) groups is 1. The molecule has 0 aromatic heterocycles. The molecule has 1 aliphatic rings. The lowest BCUT2D eigenvalue weighted by molar-refractivity contribution is -0.122. The molecule has 1 amide bonds. The zero-order valence-corrected chi connectivity index (χ0v) is 16.2. The van der Waals surface area contributed by atoms with Crippen molar-refractivity contribution in [2.75, 3.05) is 37.7 Å². The van der Waals surface area contributed by atoms with Gasteiger partial charge in [-0.3, -0.25) is 4.79 Å². The van der Waals surface area contributed by atoms with E-state index in [1.165, 1.54) is 35.7 Å². The van der Waals surface area contributed by atoms with Gasteiger partial charge in [0.05, 0.1) is 5.92 Å². The predicted octanol–water partition coefficient (Wildman–Crippen LogP) is 3.54.